The smallest absolute Gasteiger partial charge is 0.271 e. The van der Waals surface area contributed by atoms with Crippen LogP contribution in [-0.4, -0.2) is 57.9 Å². The van der Waals surface area contributed by atoms with E-state index in [2.05, 4.69) is 15.4 Å². The van der Waals surface area contributed by atoms with Gasteiger partial charge >= 0.3 is 0 Å². The van der Waals surface area contributed by atoms with E-state index in [4.69, 9.17) is 0 Å². The summed E-state index contributed by atoms with van der Waals surface area (Å²) in [6.45, 7) is 2.24. The number of hydrogen-bond donors (Lipinski definition) is 2. The number of fused-ring (bicyclic) bond motifs is 1. The molecule has 27 heavy (non-hydrogen) atoms. The average Bonchev–Trinajstić information content (AvgIpc) is 3.32. The topological polar surface area (TPSA) is 66.0 Å². The van der Waals surface area contributed by atoms with Gasteiger partial charge in [-0.3, -0.25) is 14.4 Å². The predicted molar refractivity (Wildman–Crippen MR) is 98.7 cm³/mol. The Hall–Kier alpha value is -2.74. The van der Waals surface area contributed by atoms with Gasteiger partial charge in [-0.05, 0) is 36.8 Å². The maximum absolute atomic E-state index is 13.4. The van der Waals surface area contributed by atoms with Crippen molar-refractivity contribution in [2.45, 2.75) is 12.6 Å². The number of H-pyrrole nitrogens is 1. The van der Waals surface area contributed by atoms with Crippen LogP contribution in [0.25, 0.3) is 22.3 Å². The number of benzene rings is 1. The Kier molecular flexibility index (Phi) is 4.65. The number of carbonyl (C=O) groups is 1. The highest BCUT2D eigenvalue weighted by Crippen LogP contribution is 2.25. The minimum absolute atomic E-state index is 0.269. The van der Waals surface area contributed by atoms with Crippen LogP contribution < -0.4 is 5.32 Å². The molecule has 0 bridgehead atoms. The largest absolute Gasteiger partial charge is 0.353 e. The van der Waals surface area contributed by atoms with Crippen molar-refractivity contribution in [3.8, 4) is 11.4 Å². The molecule has 2 aromatic heterocycles. The molecule has 1 fully saturated rings. The lowest BCUT2D eigenvalue weighted by Gasteiger charge is -2.14. The zero-order valence-corrected chi connectivity index (χ0v) is 15.0. The van der Waals surface area contributed by atoms with E-state index in [1.165, 1.54) is 12.1 Å². The van der Waals surface area contributed by atoms with E-state index in [0.717, 1.165) is 28.8 Å². The molecule has 1 aliphatic heterocycles. The molecular formula is C19H21F2N5O. The molecule has 3 aromatic rings. The van der Waals surface area contributed by atoms with Crippen molar-refractivity contribution in [2.24, 2.45) is 7.05 Å². The van der Waals surface area contributed by atoms with Crippen molar-refractivity contribution in [3.05, 3.63) is 41.8 Å². The van der Waals surface area contributed by atoms with Crippen molar-refractivity contribution >= 4 is 16.8 Å². The van der Waals surface area contributed by atoms with Crippen LogP contribution in [0.15, 0.2) is 30.3 Å². The SMILES string of the molecule is Cn1nc(C(=O)NCCN2CC[C@H](F)C2)cc1-c1cc2cc(F)ccc2[nH]1. The Balaban J connectivity index is 1.44. The van der Waals surface area contributed by atoms with Crippen LogP contribution in [0.5, 0.6) is 0 Å². The summed E-state index contributed by atoms with van der Waals surface area (Å²) in [6, 6.07) is 8.07. The summed E-state index contributed by atoms with van der Waals surface area (Å²) in [5.74, 6) is -0.565. The number of aromatic amines is 1. The number of amides is 1. The highest BCUT2D eigenvalue weighted by molar-refractivity contribution is 5.94. The van der Waals surface area contributed by atoms with E-state index in [0.29, 0.717) is 31.7 Å². The lowest BCUT2D eigenvalue weighted by Crippen LogP contribution is -2.34. The lowest BCUT2D eigenvalue weighted by atomic mass is 10.2. The normalized spacial score (nSPS) is 17.7. The number of aryl methyl sites for hydroxylation is 1. The minimum atomic E-state index is -0.760. The standard InChI is InChI=1S/C19H21F2N5O/c1-25-18(16-9-12-8-13(20)2-3-15(12)23-16)10-17(24-25)19(27)22-5-7-26-6-4-14(21)11-26/h2-3,8-10,14,23H,4-7,11H2,1H3,(H,22,27)/t14-/m0/s1. The first-order valence-corrected chi connectivity index (χ1v) is 8.97. The summed E-state index contributed by atoms with van der Waals surface area (Å²) in [4.78, 5) is 17.6. The van der Waals surface area contributed by atoms with E-state index in [-0.39, 0.29) is 11.7 Å². The van der Waals surface area contributed by atoms with Crippen LogP contribution in [0.3, 0.4) is 0 Å². The molecule has 1 amide bonds. The van der Waals surface area contributed by atoms with E-state index < -0.39 is 6.17 Å². The number of rotatable bonds is 5. The Morgan fingerprint density at radius 1 is 1.37 bits per heavy atom. The number of alkyl halides is 1. The number of likely N-dealkylation sites (tertiary alicyclic amines) is 1. The third-order valence-corrected chi connectivity index (χ3v) is 4.90. The Morgan fingerprint density at radius 2 is 2.22 bits per heavy atom. The number of hydrogen-bond acceptors (Lipinski definition) is 3. The van der Waals surface area contributed by atoms with Crippen LogP contribution in [-0.2, 0) is 7.05 Å². The van der Waals surface area contributed by atoms with Gasteiger partial charge in [0.05, 0.1) is 11.4 Å². The molecule has 0 spiro atoms. The fraction of sp³-hybridized carbons (Fsp3) is 0.368. The fourth-order valence-corrected chi connectivity index (χ4v) is 3.48. The zero-order chi connectivity index (χ0) is 19.0. The molecule has 0 aliphatic carbocycles. The number of halogens is 2. The van der Waals surface area contributed by atoms with E-state index in [1.54, 1.807) is 23.9 Å². The summed E-state index contributed by atoms with van der Waals surface area (Å²) in [6.07, 6.45) is -0.199. The van der Waals surface area contributed by atoms with Gasteiger partial charge in [-0.1, -0.05) is 0 Å². The van der Waals surface area contributed by atoms with Gasteiger partial charge in [-0.25, -0.2) is 8.78 Å². The Labute approximate surface area is 155 Å². The van der Waals surface area contributed by atoms with Crippen molar-refractivity contribution < 1.29 is 13.6 Å². The van der Waals surface area contributed by atoms with Crippen molar-refractivity contribution in [3.63, 3.8) is 0 Å². The van der Waals surface area contributed by atoms with E-state index in [9.17, 15) is 13.6 Å². The second-order valence-electron chi connectivity index (χ2n) is 6.90. The first kappa shape index (κ1) is 17.7. The van der Waals surface area contributed by atoms with Crippen molar-refractivity contribution in [1.29, 1.82) is 0 Å². The van der Waals surface area contributed by atoms with Crippen LogP contribution in [0, 0.1) is 5.82 Å². The van der Waals surface area contributed by atoms with Crippen LogP contribution in [0.2, 0.25) is 0 Å². The summed E-state index contributed by atoms with van der Waals surface area (Å²) < 4.78 is 28.2. The quantitative estimate of drug-likeness (QED) is 0.722. The molecule has 0 saturated carbocycles. The molecule has 142 valence electrons. The van der Waals surface area contributed by atoms with E-state index >= 15 is 0 Å². The van der Waals surface area contributed by atoms with Gasteiger partial charge in [-0.2, -0.15) is 5.10 Å². The van der Waals surface area contributed by atoms with E-state index in [1.807, 2.05) is 11.0 Å². The predicted octanol–water partition coefficient (Wildman–Crippen LogP) is 2.48. The highest BCUT2D eigenvalue weighted by atomic mass is 19.1. The number of aromatic nitrogens is 3. The van der Waals surface area contributed by atoms with Crippen molar-refractivity contribution in [2.75, 3.05) is 26.2 Å². The van der Waals surface area contributed by atoms with Gasteiger partial charge in [0, 0.05) is 44.1 Å². The summed E-state index contributed by atoms with van der Waals surface area (Å²) in [5, 5.41) is 7.86. The molecule has 1 saturated heterocycles. The third kappa shape index (κ3) is 3.71. The summed E-state index contributed by atoms with van der Waals surface area (Å²) >= 11 is 0. The van der Waals surface area contributed by atoms with Crippen molar-refractivity contribution in [1.82, 2.24) is 25.0 Å². The van der Waals surface area contributed by atoms with Gasteiger partial charge in [-0.15, -0.1) is 0 Å². The van der Waals surface area contributed by atoms with Gasteiger partial charge in [0.15, 0.2) is 5.69 Å². The molecule has 1 aliphatic rings. The number of nitrogens with zero attached hydrogens (tertiary/aromatic N) is 3. The summed E-state index contributed by atoms with van der Waals surface area (Å²) in [5.41, 5.74) is 2.62. The third-order valence-electron chi connectivity index (χ3n) is 4.90. The Bertz CT molecular complexity index is 980. The number of nitrogens with one attached hydrogen (secondary N) is 2. The second kappa shape index (κ2) is 7.11. The molecule has 3 heterocycles. The molecular weight excluding hydrogens is 352 g/mol. The van der Waals surface area contributed by atoms with Gasteiger partial charge in [0.1, 0.15) is 12.0 Å². The van der Waals surface area contributed by atoms with Crippen LogP contribution in [0.1, 0.15) is 16.9 Å². The van der Waals surface area contributed by atoms with Crippen LogP contribution >= 0.6 is 0 Å². The van der Waals surface area contributed by atoms with Gasteiger partial charge in [0.2, 0.25) is 0 Å². The Morgan fingerprint density at radius 3 is 3.00 bits per heavy atom. The molecule has 0 unspecified atom stereocenters. The molecule has 4 rings (SSSR count). The first-order chi connectivity index (χ1) is 13.0. The minimum Gasteiger partial charge on any atom is -0.353 e. The number of carbonyl (C=O) groups excluding carboxylic acids is 1. The zero-order valence-electron chi connectivity index (χ0n) is 15.0. The molecule has 1 atom stereocenters. The molecule has 6 nitrogen and oxygen atoms in total. The lowest BCUT2D eigenvalue weighted by molar-refractivity contribution is 0.0944. The highest BCUT2D eigenvalue weighted by Gasteiger charge is 2.21. The average molecular weight is 373 g/mol. The van der Waals surface area contributed by atoms with Gasteiger partial charge < -0.3 is 10.3 Å². The maximum atomic E-state index is 13.4. The molecule has 0 radical (unpaired) electrons. The maximum Gasteiger partial charge on any atom is 0.271 e. The first-order valence-electron chi connectivity index (χ1n) is 8.97. The monoisotopic (exact) mass is 373 g/mol. The fourth-order valence-electron chi connectivity index (χ4n) is 3.48. The second-order valence-corrected chi connectivity index (χ2v) is 6.90. The molecule has 8 heteroatoms. The molecule has 2 N–H and O–H groups in total. The molecule has 1 aromatic carbocycles. The van der Waals surface area contributed by atoms with Crippen LogP contribution in [0.4, 0.5) is 8.78 Å². The van der Waals surface area contributed by atoms with Gasteiger partial charge in [0.25, 0.3) is 5.91 Å². The summed E-state index contributed by atoms with van der Waals surface area (Å²) in [7, 11) is 1.75.